The fourth-order valence-electron chi connectivity index (χ4n) is 3.82. The zero-order valence-corrected chi connectivity index (χ0v) is 15.2. The molecule has 1 unspecified atom stereocenters. The first-order chi connectivity index (χ1) is 12.8. The quantitative estimate of drug-likeness (QED) is 0.870. The van der Waals surface area contributed by atoms with Crippen molar-refractivity contribution < 1.29 is 4.79 Å². The van der Waals surface area contributed by atoms with Crippen LogP contribution in [0.15, 0.2) is 60.7 Å². The Morgan fingerprint density at radius 1 is 0.923 bits per heavy atom. The Hall–Kier alpha value is -2.17. The second-order valence-electron chi connectivity index (χ2n) is 7.38. The normalized spacial score (nSPS) is 23.0. The van der Waals surface area contributed by atoms with E-state index in [1.807, 2.05) is 4.90 Å². The van der Waals surface area contributed by atoms with Gasteiger partial charge in [0.2, 0.25) is 5.91 Å². The summed E-state index contributed by atoms with van der Waals surface area (Å²) in [5.41, 5.74) is 2.72. The van der Waals surface area contributed by atoms with Crippen molar-refractivity contribution in [2.75, 3.05) is 32.7 Å². The van der Waals surface area contributed by atoms with E-state index in [1.165, 1.54) is 11.1 Å². The van der Waals surface area contributed by atoms with Crippen LogP contribution >= 0.6 is 0 Å². The summed E-state index contributed by atoms with van der Waals surface area (Å²) in [5, 5.41) is 3.45. The molecule has 4 rings (SSSR count). The summed E-state index contributed by atoms with van der Waals surface area (Å²) in [7, 11) is 0. The molecule has 2 fully saturated rings. The molecule has 4 nitrogen and oxygen atoms in total. The molecule has 0 bridgehead atoms. The van der Waals surface area contributed by atoms with Crippen molar-refractivity contribution in [3.63, 3.8) is 0 Å². The van der Waals surface area contributed by atoms with Crippen LogP contribution < -0.4 is 5.32 Å². The van der Waals surface area contributed by atoms with E-state index in [9.17, 15) is 4.79 Å². The number of rotatable bonds is 6. The van der Waals surface area contributed by atoms with Gasteiger partial charge in [-0.05, 0) is 17.5 Å². The zero-order chi connectivity index (χ0) is 17.8. The van der Waals surface area contributed by atoms with Crippen molar-refractivity contribution in [1.82, 2.24) is 15.1 Å². The maximum absolute atomic E-state index is 12.5. The second-order valence-corrected chi connectivity index (χ2v) is 7.38. The van der Waals surface area contributed by atoms with Crippen LogP contribution in [0.5, 0.6) is 0 Å². The first-order valence-electron chi connectivity index (χ1n) is 9.62. The third-order valence-electron chi connectivity index (χ3n) is 5.51. The molecule has 0 aromatic heterocycles. The van der Waals surface area contributed by atoms with Crippen LogP contribution in [0.25, 0.3) is 0 Å². The molecule has 26 heavy (non-hydrogen) atoms. The largest absolute Gasteiger partial charge is 0.339 e. The molecular weight excluding hydrogens is 322 g/mol. The Bertz CT molecular complexity index is 711. The topological polar surface area (TPSA) is 35.6 Å². The number of benzene rings is 2. The van der Waals surface area contributed by atoms with E-state index in [0.717, 1.165) is 39.1 Å². The Balaban J connectivity index is 1.18. The standard InChI is InChI=1S/C22H27N3O/c26-22(16-23-21-15-20(21)19-9-5-2-6-10-19)25-13-11-24(12-14-25)17-18-7-3-1-4-8-18/h1-10,20-21,23H,11-17H2/t20?,21-/m0/s1. The van der Waals surface area contributed by atoms with Crippen LogP contribution in [0.3, 0.4) is 0 Å². The molecule has 1 amide bonds. The maximum Gasteiger partial charge on any atom is 0.236 e. The first-order valence-corrected chi connectivity index (χ1v) is 9.62. The summed E-state index contributed by atoms with van der Waals surface area (Å²) in [6, 6.07) is 21.6. The number of amides is 1. The monoisotopic (exact) mass is 349 g/mol. The van der Waals surface area contributed by atoms with Crippen molar-refractivity contribution in [3.05, 3.63) is 71.8 Å². The molecule has 136 valence electrons. The average molecular weight is 349 g/mol. The van der Waals surface area contributed by atoms with Gasteiger partial charge in [0.05, 0.1) is 6.54 Å². The summed E-state index contributed by atoms with van der Waals surface area (Å²) in [6.45, 7) is 5.02. The zero-order valence-electron chi connectivity index (χ0n) is 15.2. The van der Waals surface area contributed by atoms with Gasteiger partial charge in [0.1, 0.15) is 0 Å². The number of hydrogen-bond acceptors (Lipinski definition) is 3. The fraction of sp³-hybridized carbons (Fsp3) is 0.409. The van der Waals surface area contributed by atoms with E-state index in [2.05, 4.69) is 70.9 Å². The van der Waals surface area contributed by atoms with E-state index < -0.39 is 0 Å². The highest BCUT2D eigenvalue weighted by molar-refractivity contribution is 5.78. The Morgan fingerprint density at radius 3 is 2.27 bits per heavy atom. The van der Waals surface area contributed by atoms with Gasteiger partial charge in [0, 0.05) is 44.7 Å². The highest BCUT2D eigenvalue weighted by atomic mass is 16.2. The number of carbonyl (C=O) groups excluding carboxylic acids is 1. The highest BCUT2D eigenvalue weighted by Crippen LogP contribution is 2.40. The average Bonchev–Trinajstić information content (AvgIpc) is 3.48. The van der Waals surface area contributed by atoms with Crippen molar-refractivity contribution in [2.24, 2.45) is 0 Å². The summed E-state index contributed by atoms with van der Waals surface area (Å²) in [5.74, 6) is 0.815. The molecule has 1 heterocycles. The molecular formula is C22H27N3O. The lowest BCUT2D eigenvalue weighted by Crippen LogP contribution is -2.50. The Kier molecular flexibility index (Phi) is 5.32. The molecule has 1 aliphatic carbocycles. The molecule has 2 atom stereocenters. The number of carbonyl (C=O) groups is 1. The highest BCUT2D eigenvalue weighted by Gasteiger charge is 2.38. The predicted molar refractivity (Wildman–Crippen MR) is 104 cm³/mol. The molecule has 4 heteroatoms. The van der Waals surface area contributed by atoms with E-state index in [1.54, 1.807) is 0 Å². The second kappa shape index (κ2) is 8.02. The molecule has 1 saturated heterocycles. The minimum Gasteiger partial charge on any atom is -0.339 e. The molecule has 2 aliphatic rings. The number of nitrogens with one attached hydrogen (secondary N) is 1. The van der Waals surface area contributed by atoms with Gasteiger partial charge in [-0.3, -0.25) is 9.69 Å². The SMILES string of the molecule is O=C(CN[C@H]1CC1c1ccccc1)N1CCN(Cc2ccccc2)CC1. The van der Waals surface area contributed by atoms with Gasteiger partial charge in [-0.1, -0.05) is 60.7 Å². The molecule has 1 saturated carbocycles. The number of nitrogens with zero attached hydrogens (tertiary/aromatic N) is 2. The van der Waals surface area contributed by atoms with Crippen molar-refractivity contribution >= 4 is 5.91 Å². The van der Waals surface area contributed by atoms with E-state index in [-0.39, 0.29) is 5.91 Å². The smallest absolute Gasteiger partial charge is 0.236 e. The van der Waals surface area contributed by atoms with Gasteiger partial charge in [-0.15, -0.1) is 0 Å². The minimum absolute atomic E-state index is 0.239. The Morgan fingerprint density at radius 2 is 1.58 bits per heavy atom. The number of hydrogen-bond donors (Lipinski definition) is 1. The maximum atomic E-state index is 12.5. The van der Waals surface area contributed by atoms with Crippen LogP contribution in [0.1, 0.15) is 23.5 Å². The summed E-state index contributed by atoms with van der Waals surface area (Å²) >= 11 is 0. The summed E-state index contributed by atoms with van der Waals surface area (Å²) in [4.78, 5) is 16.9. The van der Waals surface area contributed by atoms with Gasteiger partial charge in [0.15, 0.2) is 0 Å². The van der Waals surface area contributed by atoms with Crippen LogP contribution in [0.4, 0.5) is 0 Å². The summed E-state index contributed by atoms with van der Waals surface area (Å²) < 4.78 is 0. The van der Waals surface area contributed by atoms with E-state index in [0.29, 0.717) is 18.5 Å². The third-order valence-corrected chi connectivity index (χ3v) is 5.51. The molecule has 1 aliphatic heterocycles. The first kappa shape index (κ1) is 17.3. The summed E-state index contributed by atoms with van der Waals surface area (Å²) in [6.07, 6.45) is 1.14. The van der Waals surface area contributed by atoms with Gasteiger partial charge in [-0.25, -0.2) is 0 Å². The van der Waals surface area contributed by atoms with Crippen LogP contribution in [-0.2, 0) is 11.3 Å². The van der Waals surface area contributed by atoms with Crippen LogP contribution in [0, 0.1) is 0 Å². The van der Waals surface area contributed by atoms with E-state index in [4.69, 9.17) is 0 Å². The lowest BCUT2D eigenvalue weighted by molar-refractivity contribution is -0.132. The number of piperazine rings is 1. The van der Waals surface area contributed by atoms with Crippen molar-refractivity contribution in [2.45, 2.75) is 24.9 Å². The van der Waals surface area contributed by atoms with Gasteiger partial charge < -0.3 is 10.2 Å². The molecule has 0 radical (unpaired) electrons. The fourth-order valence-corrected chi connectivity index (χ4v) is 3.82. The Labute approximate surface area is 155 Å². The minimum atomic E-state index is 0.239. The lowest BCUT2D eigenvalue weighted by Gasteiger charge is -2.34. The van der Waals surface area contributed by atoms with Gasteiger partial charge in [-0.2, -0.15) is 0 Å². The molecule has 2 aromatic carbocycles. The lowest BCUT2D eigenvalue weighted by atomic mass is 10.1. The molecule has 2 aromatic rings. The molecule has 0 spiro atoms. The van der Waals surface area contributed by atoms with Gasteiger partial charge in [0.25, 0.3) is 0 Å². The third kappa shape index (κ3) is 4.32. The van der Waals surface area contributed by atoms with Gasteiger partial charge >= 0.3 is 0 Å². The van der Waals surface area contributed by atoms with Crippen molar-refractivity contribution in [3.8, 4) is 0 Å². The van der Waals surface area contributed by atoms with Crippen LogP contribution in [0.2, 0.25) is 0 Å². The molecule has 1 N–H and O–H groups in total. The van der Waals surface area contributed by atoms with Crippen molar-refractivity contribution in [1.29, 1.82) is 0 Å². The van der Waals surface area contributed by atoms with Crippen LogP contribution in [-0.4, -0.2) is 54.5 Å². The van der Waals surface area contributed by atoms with E-state index >= 15 is 0 Å². The predicted octanol–water partition coefficient (Wildman–Crippen LogP) is 2.48.